The zero-order valence-electron chi connectivity index (χ0n) is 23.0. The molecule has 1 aromatic heterocycles. The van der Waals surface area contributed by atoms with Crippen molar-refractivity contribution in [3.63, 3.8) is 0 Å². The molecule has 0 saturated carbocycles. The summed E-state index contributed by atoms with van der Waals surface area (Å²) >= 11 is 5.95. The van der Waals surface area contributed by atoms with Crippen molar-refractivity contribution < 1.29 is 49.0 Å². The normalized spacial score (nSPS) is 15.2. The smallest absolute Gasteiger partial charge is 0.356 e. The monoisotopic (exact) mass is 660 g/mol. The maximum Gasteiger partial charge on any atom is 0.430 e. The maximum absolute atomic E-state index is 14.9. The van der Waals surface area contributed by atoms with Gasteiger partial charge in [-0.1, -0.05) is 72.3 Å². The predicted molar refractivity (Wildman–Crippen MR) is 146 cm³/mol. The molecule has 0 bridgehead atoms. The molecule has 45 heavy (non-hydrogen) atoms. The van der Waals surface area contributed by atoms with Gasteiger partial charge < -0.3 is 10.1 Å². The van der Waals surface area contributed by atoms with E-state index in [0.29, 0.717) is 7.11 Å². The summed E-state index contributed by atoms with van der Waals surface area (Å²) < 4.78 is 135. The number of hydrogen-bond donors (Lipinski definition) is 1. The minimum atomic E-state index is -5.51. The van der Waals surface area contributed by atoms with Crippen molar-refractivity contribution in [2.75, 3.05) is 7.11 Å². The Kier molecular flexibility index (Phi) is 9.28. The van der Waals surface area contributed by atoms with Crippen LogP contribution in [0.25, 0.3) is 0 Å². The van der Waals surface area contributed by atoms with Crippen LogP contribution in [0, 0.1) is 0 Å². The number of halogens is 10. The molecule has 3 aromatic carbocycles. The summed E-state index contributed by atoms with van der Waals surface area (Å²) in [6.45, 7) is 0. The second-order valence-corrected chi connectivity index (χ2v) is 10.3. The van der Waals surface area contributed by atoms with Crippen molar-refractivity contribution in [3.8, 4) is 0 Å². The van der Waals surface area contributed by atoms with E-state index in [2.05, 4.69) is 10.3 Å². The molecule has 0 aliphatic carbocycles. The molecular weight excluding hydrogens is 639 g/mol. The van der Waals surface area contributed by atoms with Crippen molar-refractivity contribution in [2.24, 2.45) is 0 Å². The van der Waals surface area contributed by atoms with E-state index in [1.807, 2.05) is 0 Å². The Morgan fingerprint density at radius 3 is 1.84 bits per heavy atom. The fourth-order valence-corrected chi connectivity index (χ4v) is 5.17. The topological polar surface area (TPSA) is 51.2 Å². The van der Waals surface area contributed by atoms with E-state index >= 15 is 0 Å². The number of amides is 1. The van der Waals surface area contributed by atoms with Gasteiger partial charge >= 0.3 is 18.5 Å². The number of nitrogens with zero attached hydrogens (tertiary/aromatic N) is 1. The number of ether oxygens (including phenoxy) is 1. The lowest BCUT2D eigenvalue weighted by molar-refractivity contribution is -0.266. The summed E-state index contributed by atoms with van der Waals surface area (Å²) in [6, 6.07) is 15.4. The molecule has 0 aliphatic heterocycles. The van der Waals surface area contributed by atoms with Crippen molar-refractivity contribution in [2.45, 2.75) is 36.1 Å². The number of aromatic nitrogens is 1. The first-order valence-corrected chi connectivity index (χ1v) is 13.3. The molecule has 238 valence electrons. The Bertz CT molecular complexity index is 1630. The van der Waals surface area contributed by atoms with Gasteiger partial charge in [-0.3, -0.25) is 9.78 Å². The highest BCUT2D eigenvalue weighted by Gasteiger charge is 2.64. The molecule has 0 saturated heterocycles. The van der Waals surface area contributed by atoms with Crippen molar-refractivity contribution in [1.82, 2.24) is 10.3 Å². The Hall–Kier alpha value is -4.10. The average Bonchev–Trinajstić information content (AvgIpc) is 2.97. The number of alkyl halides is 9. The average molecular weight is 661 g/mol. The maximum atomic E-state index is 14.9. The number of benzene rings is 3. The Morgan fingerprint density at radius 2 is 1.36 bits per heavy atom. The van der Waals surface area contributed by atoms with E-state index in [-0.39, 0.29) is 28.8 Å². The van der Waals surface area contributed by atoms with Crippen LogP contribution in [0.3, 0.4) is 0 Å². The number of rotatable bonds is 8. The van der Waals surface area contributed by atoms with Gasteiger partial charge in [0, 0.05) is 25.3 Å². The van der Waals surface area contributed by atoms with Crippen LogP contribution in [0.4, 0.5) is 39.5 Å². The molecule has 0 unspecified atom stereocenters. The van der Waals surface area contributed by atoms with Crippen LogP contribution in [0.2, 0.25) is 5.02 Å². The summed E-state index contributed by atoms with van der Waals surface area (Å²) in [4.78, 5) is 18.1. The van der Waals surface area contributed by atoms with Crippen LogP contribution in [0.1, 0.15) is 33.5 Å². The fourth-order valence-electron chi connectivity index (χ4n) is 5.05. The van der Waals surface area contributed by atoms with Gasteiger partial charge in [0.25, 0.3) is 11.5 Å². The molecule has 0 aliphatic rings. The van der Waals surface area contributed by atoms with E-state index in [0.717, 1.165) is 30.5 Å². The summed E-state index contributed by atoms with van der Waals surface area (Å²) in [7, 11) is 0.574. The van der Waals surface area contributed by atoms with Gasteiger partial charge in [-0.05, 0) is 41.5 Å². The Balaban J connectivity index is 2.15. The molecule has 1 heterocycles. The SMILES string of the molecule is CO[C@](C(=O)N[C@](Cc1ccccc1)(c1ccc(Cl)cn1)c1cc(C(F)(F)F)ccc1C(F)(F)F)(c1ccccc1)C(F)(F)F. The van der Waals surface area contributed by atoms with Crippen LogP contribution in [0.5, 0.6) is 0 Å². The lowest BCUT2D eigenvalue weighted by Gasteiger charge is -2.41. The number of pyridine rings is 1. The molecule has 1 N–H and O–H groups in total. The highest BCUT2D eigenvalue weighted by Crippen LogP contribution is 2.47. The van der Waals surface area contributed by atoms with Gasteiger partial charge in [0.2, 0.25) is 0 Å². The molecule has 4 rings (SSSR count). The molecule has 2 atom stereocenters. The molecule has 0 radical (unpaired) electrons. The molecule has 1 amide bonds. The number of hydrogen-bond acceptors (Lipinski definition) is 3. The summed E-state index contributed by atoms with van der Waals surface area (Å²) in [5.74, 6) is -2.01. The molecule has 0 spiro atoms. The second kappa shape index (κ2) is 12.4. The van der Waals surface area contributed by atoms with E-state index in [4.69, 9.17) is 16.3 Å². The van der Waals surface area contributed by atoms with Crippen LogP contribution < -0.4 is 5.32 Å². The highest BCUT2D eigenvalue weighted by atomic mass is 35.5. The minimum absolute atomic E-state index is 0.0513. The summed E-state index contributed by atoms with van der Waals surface area (Å²) in [5, 5.41) is 2.01. The predicted octanol–water partition coefficient (Wildman–Crippen LogP) is 8.48. The van der Waals surface area contributed by atoms with Crippen LogP contribution in [0.15, 0.2) is 97.2 Å². The van der Waals surface area contributed by atoms with E-state index in [1.165, 1.54) is 48.5 Å². The lowest BCUT2D eigenvalue weighted by atomic mass is 9.76. The van der Waals surface area contributed by atoms with Crippen LogP contribution in [-0.4, -0.2) is 24.2 Å². The minimum Gasteiger partial charge on any atom is -0.356 e. The highest BCUT2D eigenvalue weighted by molar-refractivity contribution is 6.30. The molecule has 0 fully saturated rings. The fraction of sp³-hybridized carbons (Fsp3) is 0.226. The van der Waals surface area contributed by atoms with E-state index in [1.54, 1.807) is 0 Å². The van der Waals surface area contributed by atoms with Crippen molar-refractivity contribution in [1.29, 1.82) is 0 Å². The Morgan fingerprint density at radius 1 is 0.756 bits per heavy atom. The molecular formula is C31H22ClF9N2O2. The zero-order valence-corrected chi connectivity index (χ0v) is 23.7. The number of carbonyl (C=O) groups excluding carboxylic acids is 1. The van der Waals surface area contributed by atoms with Crippen LogP contribution in [-0.2, 0) is 39.4 Å². The van der Waals surface area contributed by atoms with Crippen molar-refractivity contribution in [3.05, 3.63) is 136 Å². The summed E-state index contributed by atoms with van der Waals surface area (Å²) in [5.41, 5.74) is -12.2. The van der Waals surface area contributed by atoms with Gasteiger partial charge in [0.15, 0.2) is 0 Å². The lowest BCUT2D eigenvalue weighted by Crippen LogP contribution is -2.61. The third kappa shape index (κ3) is 6.64. The quantitative estimate of drug-likeness (QED) is 0.193. The summed E-state index contributed by atoms with van der Waals surface area (Å²) in [6.07, 6.45) is -15.9. The van der Waals surface area contributed by atoms with Gasteiger partial charge in [-0.2, -0.15) is 39.5 Å². The number of methoxy groups -OCH3 is 1. The first-order chi connectivity index (χ1) is 21.0. The first kappa shape index (κ1) is 33.8. The van der Waals surface area contributed by atoms with E-state index in [9.17, 15) is 44.3 Å². The third-order valence-electron chi connectivity index (χ3n) is 7.12. The van der Waals surface area contributed by atoms with Gasteiger partial charge in [-0.25, -0.2) is 0 Å². The molecule has 4 aromatic rings. The van der Waals surface area contributed by atoms with Crippen molar-refractivity contribution >= 4 is 17.5 Å². The first-order valence-electron chi connectivity index (χ1n) is 12.9. The third-order valence-corrected chi connectivity index (χ3v) is 7.34. The molecule has 4 nitrogen and oxygen atoms in total. The van der Waals surface area contributed by atoms with Gasteiger partial charge in [-0.15, -0.1) is 0 Å². The van der Waals surface area contributed by atoms with Gasteiger partial charge in [0.05, 0.1) is 21.8 Å². The van der Waals surface area contributed by atoms with Gasteiger partial charge in [0.1, 0.15) is 5.54 Å². The molecule has 14 heteroatoms. The second-order valence-electron chi connectivity index (χ2n) is 9.89. The van der Waals surface area contributed by atoms with E-state index < -0.39 is 69.9 Å². The standard InChI is InChI=1S/C31H22ClF9N2O2/c1-45-28(31(39,40)41,20-10-6-3-7-11-20)26(44)43-27(17-19-8-4-2-5-9-19,25-15-13-22(32)18-42-25)24-16-21(29(33,34)35)12-14-23(24)30(36,37)38/h2-16,18H,17H2,1H3,(H,43,44)/t27-,28-/m0/s1. The number of nitrogens with one attached hydrogen (secondary N) is 1. The zero-order chi connectivity index (χ0) is 33.3. The Labute approximate surface area is 255 Å². The van der Waals surface area contributed by atoms with Crippen LogP contribution >= 0.6 is 11.6 Å². The largest absolute Gasteiger partial charge is 0.430 e. The number of carbonyl (C=O) groups is 1.